The number of nitrogens with zero attached hydrogens (tertiary/aromatic N) is 2. The van der Waals surface area contributed by atoms with Crippen LogP contribution in [0.15, 0.2) is 18.0 Å². The highest BCUT2D eigenvalue weighted by molar-refractivity contribution is 5.68. The van der Waals surface area contributed by atoms with Gasteiger partial charge in [0.2, 0.25) is 0 Å². The van der Waals surface area contributed by atoms with E-state index >= 15 is 0 Å². The quantitative estimate of drug-likeness (QED) is 0.562. The van der Waals surface area contributed by atoms with Crippen molar-refractivity contribution in [2.45, 2.75) is 12.7 Å². The summed E-state index contributed by atoms with van der Waals surface area (Å²) in [5.41, 5.74) is 7.32. The van der Waals surface area contributed by atoms with Crippen molar-refractivity contribution in [3.8, 4) is 6.07 Å². The molecule has 1 heterocycles. The van der Waals surface area contributed by atoms with Crippen molar-refractivity contribution < 1.29 is 9.47 Å². The summed E-state index contributed by atoms with van der Waals surface area (Å²) < 4.78 is 10.0. The average molecular weight is 222 g/mol. The van der Waals surface area contributed by atoms with E-state index in [4.69, 9.17) is 20.5 Å². The number of hydrogen-bond acceptors (Lipinski definition) is 5. The highest BCUT2D eigenvalue weighted by atomic mass is 16.7. The van der Waals surface area contributed by atoms with E-state index in [9.17, 15) is 0 Å². The predicted octanol–water partition coefficient (Wildman–Crippen LogP) is 0.612. The number of hydrogen-bond donors (Lipinski definition) is 2. The van der Waals surface area contributed by atoms with Gasteiger partial charge in [0.1, 0.15) is 0 Å². The number of nitriles is 1. The second kappa shape index (κ2) is 5.90. The fourth-order valence-corrected chi connectivity index (χ4v) is 1.22. The lowest BCUT2D eigenvalue weighted by atomic mass is 10.1. The van der Waals surface area contributed by atoms with Crippen LogP contribution in [-0.4, -0.2) is 30.7 Å². The molecular formula is C10H14N4O2. The monoisotopic (exact) mass is 222 g/mol. The summed E-state index contributed by atoms with van der Waals surface area (Å²) >= 11 is 0. The van der Waals surface area contributed by atoms with Crippen molar-refractivity contribution in [1.82, 2.24) is 10.2 Å². The number of aromatic amines is 1. The van der Waals surface area contributed by atoms with Gasteiger partial charge in [-0.2, -0.15) is 10.4 Å². The zero-order valence-electron chi connectivity index (χ0n) is 9.23. The van der Waals surface area contributed by atoms with Gasteiger partial charge in [0.05, 0.1) is 23.5 Å². The van der Waals surface area contributed by atoms with Gasteiger partial charge in [-0.05, 0) is 0 Å². The molecule has 0 unspecified atom stereocenters. The first kappa shape index (κ1) is 12.2. The van der Waals surface area contributed by atoms with Crippen LogP contribution in [0, 0.1) is 11.3 Å². The van der Waals surface area contributed by atoms with Crippen LogP contribution in [0.25, 0.3) is 5.70 Å². The third-order valence-corrected chi connectivity index (χ3v) is 2.17. The molecule has 0 aliphatic rings. The Morgan fingerprint density at radius 1 is 1.62 bits per heavy atom. The highest BCUT2D eigenvalue weighted by Crippen LogP contribution is 2.17. The first-order valence-corrected chi connectivity index (χ1v) is 4.66. The Bertz CT molecular complexity index is 387. The molecule has 0 aromatic carbocycles. The summed E-state index contributed by atoms with van der Waals surface area (Å²) in [4.78, 5) is 0. The smallest absolute Gasteiger partial charge is 0.161 e. The van der Waals surface area contributed by atoms with Crippen molar-refractivity contribution in [2.24, 2.45) is 5.73 Å². The number of nitrogens with two attached hydrogens (primary N) is 1. The topological polar surface area (TPSA) is 97.0 Å². The van der Waals surface area contributed by atoms with Crippen LogP contribution in [0.5, 0.6) is 0 Å². The Morgan fingerprint density at radius 3 is 2.75 bits per heavy atom. The van der Waals surface area contributed by atoms with E-state index in [-0.39, 0.29) is 0 Å². The fraction of sp³-hybridized carbons (Fsp3) is 0.400. The zero-order chi connectivity index (χ0) is 12.0. The molecule has 1 aromatic rings. The minimum atomic E-state index is -0.472. The van der Waals surface area contributed by atoms with Gasteiger partial charge in [-0.15, -0.1) is 0 Å². The van der Waals surface area contributed by atoms with Crippen LogP contribution >= 0.6 is 0 Å². The molecule has 0 atom stereocenters. The maximum atomic E-state index is 9.01. The number of nitrogens with one attached hydrogen (secondary N) is 1. The lowest BCUT2D eigenvalue weighted by Gasteiger charge is -2.13. The molecule has 0 saturated heterocycles. The number of H-pyrrole nitrogens is 1. The molecular weight excluding hydrogens is 208 g/mol. The molecule has 16 heavy (non-hydrogen) atoms. The van der Waals surface area contributed by atoms with Gasteiger partial charge in [-0.25, -0.2) is 0 Å². The molecule has 0 radical (unpaired) electrons. The van der Waals surface area contributed by atoms with Crippen molar-refractivity contribution in [2.75, 3.05) is 14.2 Å². The van der Waals surface area contributed by atoms with Crippen molar-refractivity contribution in [1.29, 1.82) is 5.26 Å². The van der Waals surface area contributed by atoms with Crippen LogP contribution in [0.2, 0.25) is 0 Å². The Hall–Kier alpha value is -1.84. The number of aromatic nitrogens is 2. The van der Waals surface area contributed by atoms with Gasteiger partial charge < -0.3 is 15.2 Å². The predicted molar refractivity (Wildman–Crippen MR) is 57.7 cm³/mol. The minimum Gasteiger partial charge on any atom is -0.397 e. The Labute approximate surface area is 93.7 Å². The molecule has 0 fully saturated rings. The summed E-state index contributed by atoms with van der Waals surface area (Å²) in [6.07, 6.45) is 3.02. The van der Waals surface area contributed by atoms with Crippen LogP contribution in [0.1, 0.15) is 12.0 Å². The van der Waals surface area contributed by atoms with Gasteiger partial charge in [0.15, 0.2) is 6.29 Å². The molecule has 0 saturated carbocycles. The SMILES string of the molecule is COC(C/C(C#N)=C(\N)c1cn[nH]c1)OC. The molecule has 0 aliphatic heterocycles. The molecule has 6 heteroatoms. The van der Waals surface area contributed by atoms with Gasteiger partial charge in [0.25, 0.3) is 0 Å². The molecule has 3 N–H and O–H groups in total. The van der Waals surface area contributed by atoms with E-state index < -0.39 is 6.29 Å². The van der Waals surface area contributed by atoms with Crippen molar-refractivity contribution in [3.05, 3.63) is 23.5 Å². The minimum absolute atomic E-state index is 0.306. The number of methoxy groups -OCH3 is 2. The number of ether oxygens (including phenoxy) is 2. The highest BCUT2D eigenvalue weighted by Gasteiger charge is 2.13. The Kier molecular flexibility index (Phi) is 4.51. The van der Waals surface area contributed by atoms with E-state index in [0.717, 1.165) is 0 Å². The summed E-state index contributed by atoms with van der Waals surface area (Å²) in [7, 11) is 3.02. The van der Waals surface area contributed by atoms with Crippen LogP contribution < -0.4 is 5.73 Å². The zero-order valence-corrected chi connectivity index (χ0v) is 9.23. The summed E-state index contributed by atoms with van der Waals surface area (Å²) in [6, 6.07) is 2.04. The first-order chi connectivity index (χ1) is 7.72. The maximum absolute atomic E-state index is 9.01. The van der Waals surface area contributed by atoms with E-state index in [0.29, 0.717) is 23.3 Å². The lowest BCUT2D eigenvalue weighted by Crippen LogP contribution is -2.15. The molecule has 1 aromatic heterocycles. The average Bonchev–Trinajstić information content (AvgIpc) is 2.83. The largest absolute Gasteiger partial charge is 0.397 e. The summed E-state index contributed by atoms with van der Waals surface area (Å²) in [5, 5.41) is 15.4. The number of rotatable bonds is 5. The van der Waals surface area contributed by atoms with Crippen LogP contribution in [-0.2, 0) is 9.47 Å². The van der Waals surface area contributed by atoms with E-state index in [1.807, 2.05) is 6.07 Å². The normalized spacial score (nSPS) is 12.4. The van der Waals surface area contributed by atoms with Gasteiger partial charge >= 0.3 is 0 Å². The summed E-state index contributed by atoms with van der Waals surface area (Å²) in [6.45, 7) is 0. The summed E-state index contributed by atoms with van der Waals surface area (Å²) in [5.74, 6) is 0. The standard InChI is InChI=1S/C10H14N4O2/c1-15-9(16-2)3-7(4-11)10(12)8-5-13-14-6-8/h5-6,9H,3,12H2,1-2H3,(H,13,14)/b10-7+. The second-order valence-electron chi connectivity index (χ2n) is 3.10. The Morgan fingerprint density at radius 2 is 2.31 bits per heavy atom. The van der Waals surface area contributed by atoms with Gasteiger partial charge in [0, 0.05) is 32.4 Å². The van der Waals surface area contributed by atoms with E-state index in [2.05, 4.69) is 10.2 Å². The molecule has 6 nitrogen and oxygen atoms in total. The van der Waals surface area contributed by atoms with E-state index in [1.54, 1.807) is 12.4 Å². The first-order valence-electron chi connectivity index (χ1n) is 4.66. The van der Waals surface area contributed by atoms with Crippen molar-refractivity contribution >= 4 is 5.70 Å². The third kappa shape index (κ3) is 2.82. The Balaban J connectivity index is 2.89. The van der Waals surface area contributed by atoms with Crippen LogP contribution in [0.3, 0.4) is 0 Å². The fourth-order valence-electron chi connectivity index (χ4n) is 1.22. The molecule has 0 spiro atoms. The molecule has 0 aliphatic carbocycles. The van der Waals surface area contributed by atoms with E-state index in [1.165, 1.54) is 14.2 Å². The molecule has 1 rings (SSSR count). The lowest BCUT2D eigenvalue weighted by molar-refractivity contribution is -0.0995. The molecule has 86 valence electrons. The molecule has 0 amide bonds. The van der Waals surface area contributed by atoms with Crippen molar-refractivity contribution in [3.63, 3.8) is 0 Å². The second-order valence-corrected chi connectivity index (χ2v) is 3.10. The van der Waals surface area contributed by atoms with Gasteiger partial charge in [-0.3, -0.25) is 5.10 Å². The third-order valence-electron chi connectivity index (χ3n) is 2.17. The maximum Gasteiger partial charge on any atom is 0.161 e. The van der Waals surface area contributed by atoms with Crippen LogP contribution in [0.4, 0.5) is 0 Å². The van der Waals surface area contributed by atoms with Gasteiger partial charge in [-0.1, -0.05) is 0 Å². The molecule has 0 bridgehead atoms.